The van der Waals surface area contributed by atoms with E-state index >= 15 is 0 Å². The van der Waals surface area contributed by atoms with Crippen molar-refractivity contribution in [1.82, 2.24) is 9.88 Å². The zero-order valence-corrected chi connectivity index (χ0v) is 19.5. The van der Waals surface area contributed by atoms with Gasteiger partial charge in [-0.25, -0.2) is 18.9 Å². The quantitative estimate of drug-likeness (QED) is 0.350. The third kappa shape index (κ3) is 4.23. The van der Waals surface area contributed by atoms with Crippen LogP contribution in [0.2, 0.25) is 0 Å². The number of aryl methyl sites for hydroxylation is 2. The predicted octanol–water partition coefficient (Wildman–Crippen LogP) is 3.99. The molecule has 0 atom stereocenters. The number of ether oxygens (including phenoxy) is 1. The van der Waals surface area contributed by atoms with Gasteiger partial charge in [0.25, 0.3) is 11.8 Å². The van der Waals surface area contributed by atoms with Crippen molar-refractivity contribution >= 4 is 35.6 Å². The normalized spacial score (nSPS) is 14.9. The molecule has 178 valence electrons. The second-order valence-electron chi connectivity index (χ2n) is 8.09. The number of esters is 1. The van der Waals surface area contributed by atoms with Crippen molar-refractivity contribution in [3.05, 3.63) is 88.0 Å². The van der Waals surface area contributed by atoms with Crippen molar-refractivity contribution < 1.29 is 28.3 Å². The van der Waals surface area contributed by atoms with Gasteiger partial charge in [0.15, 0.2) is 0 Å². The highest BCUT2D eigenvalue weighted by atomic mass is 19.1. The predicted molar refractivity (Wildman–Crippen MR) is 127 cm³/mol. The monoisotopic (exact) mass is 475 g/mol. The van der Waals surface area contributed by atoms with E-state index in [1.807, 2.05) is 31.4 Å². The molecule has 3 aromatic rings. The molecule has 1 fully saturated rings. The van der Waals surface area contributed by atoms with E-state index in [9.17, 15) is 23.6 Å². The molecule has 8 nitrogen and oxygen atoms in total. The van der Waals surface area contributed by atoms with Crippen LogP contribution in [0.3, 0.4) is 0 Å². The number of hydrogen-bond donors (Lipinski definition) is 1. The maximum Gasteiger partial charge on any atom is 0.337 e. The summed E-state index contributed by atoms with van der Waals surface area (Å²) in [4.78, 5) is 50.7. The summed E-state index contributed by atoms with van der Waals surface area (Å²) in [6.45, 7) is 5.57. The number of nitrogens with one attached hydrogen (secondary N) is 1. The number of urea groups is 1. The summed E-state index contributed by atoms with van der Waals surface area (Å²) in [5.74, 6) is -2.59. The fraction of sp³-hybridized carbons (Fsp3) is 0.154. The average Bonchev–Trinajstić information content (AvgIpc) is 3.09. The van der Waals surface area contributed by atoms with Gasteiger partial charge >= 0.3 is 12.0 Å². The molecule has 2 heterocycles. The van der Waals surface area contributed by atoms with Gasteiger partial charge in [-0.05, 0) is 86.5 Å². The molecule has 2 aromatic carbocycles. The maximum atomic E-state index is 13.3. The lowest BCUT2D eigenvalue weighted by molar-refractivity contribution is -0.122. The second kappa shape index (κ2) is 9.02. The number of anilines is 1. The molecule has 1 saturated heterocycles. The lowest BCUT2D eigenvalue weighted by atomic mass is 10.1. The fourth-order valence-corrected chi connectivity index (χ4v) is 4.09. The summed E-state index contributed by atoms with van der Waals surface area (Å²) in [7, 11) is 1.32. The van der Waals surface area contributed by atoms with Gasteiger partial charge in [0.2, 0.25) is 0 Å². The minimum atomic E-state index is -0.907. The molecular weight excluding hydrogens is 453 g/mol. The Morgan fingerprint density at radius 1 is 1.00 bits per heavy atom. The molecule has 0 aliphatic carbocycles. The van der Waals surface area contributed by atoms with Crippen LogP contribution < -0.4 is 10.2 Å². The molecule has 0 unspecified atom stereocenters. The van der Waals surface area contributed by atoms with E-state index in [1.165, 1.54) is 25.3 Å². The Kier molecular flexibility index (Phi) is 6.09. The first-order valence-corrected chi connectivity index (χ1v) is 10.7. The number of barbiturate groups is 1. The Hall–Kier alpha value is -4.53. The van der Waals surface area contributed by atoms with Crippen molar-refractivity contribution in [2.45, 2.75) is 20.8 Å². The molecule has 1 aliphatic heterocycles. The van der Waals surface area contributed by atoms with Crippen LogP contribution in [-0.4, -0.2) is 35.5 Å². The van der Waals surface area contributed by atoms with Gasteiger partial charge in [-0.1, -0.05) is 0 Å². The van der Waals surface area contributed by atoms with Gasteiger partial charge in [-0.3, -0.25) is 14.9 Å². The van der Waals surface area contributed by atoms with Crippen LogP contribution in [0, 0.1) is 26.6 Å². The molecular formula is C26H22FN3O5. The van der Waals surface area contributed by atoms with E-state index < -0.39 is 29.6 Å². The van der Waals surface area contributed by atoms with Gasteiger partial charge < -0.3 is 9.30 Å². The minimum Gasteiger partial charge on any atom is -0.465 e. The molecule has 4 amide bonds. The minimum absolute atomic E-state index is 0.138. The highest BCUT2D eigenvalue weighted by Crippen LogP contribution is 2.28. The van der Waals surface area contributed by atoms with E-state index in [0.29, 0.717) is 11.1 Å². The van der Waals surface area contributed by atoms with E-state index in [1.54, 1.807) is 18.2 Å². The molecule has 1 aromatic heterocycles. The zero-order valence-electron chi connectivity index (χ0n) is 19.5. The van der Waals surface area contributed by atoms with Crippen molar-refractivity contribution in [2.75, 3.05) is 12.0 Å². The molecule has 0 radical (unpaired) electrons. The Morgan fingerprint density at radius 2 is 1.69 bits per heavy atom. The maximum absolute atomic E-state index is 13.3. The van der Waals surface area contributed by atoms with Crippen LogP contribution in [0.15, 0.2) is 54.1 Å². The van der Waals surface area contributed by atoms with Crippen LogP contribution >= 0.6 is 0 Å². The van der Waals surface area contributed by atoms with Crippen LogP contribution in [0.1, 0.15) is 32.9 Å². The Bertz CT molecular complexity index is 1420. The first-order valence-electron chi connectivity index (χ1n) is 10.7. The van der Waals surface area contributed by atoms with Gasteiger partial charge in [-0.2, -0.15) is 0 Å². The van der Waals surface area contributed by atoms with Gasteiger partial charge in [-0.15, -0.1) is 0 Å². The molecule has 0 spiro atoms. The molecule has 0 saturated carbocycles. The molecule has 1 aliphatic rings. The number of halogens is 1. The van der Waals surface area contributed by atoms with Gasteiger partial charge in [0.1, 0.15) is 11.4 Å². The van der Waals surface area contributed by atoms with Crippen molar-refractivity contribution in [1.29, 1.82) is 0 Å². The Labute approximate surface area is 200 Å². The second-order valence-corrected chi connectivity index (χ2v) is 8.09. The number of methoxy groups -OCH3 is 1. The number of nitrogens with zero attached hydrogens (tertiary/aromatic N) is 2. The van der Waals surface area contributed by atoms with Gasteiger partial charge in [0, 0.05) is 17.1 Å². The van der Waals surface area contributed by atoms with Crippen LogP contribution in [0.4, 0.5) is 14.9 Å². The lowest BCUT2D eigenvalue weighted by Gasteiger charge is -2.26. The first kappa shape index (κ1) is 23.6. The van der Waals surface area contributed by atoms with Crippen molar-refractivity contribution in [3.8, 4) is 5.69 Å². The number of amides is 4. The molecule has 35 heavy (non-hydrogen) atoms. The highest BCUT2D eigenvalue weighted by molar-refractivity contribution is 6.39. The van der Waals surface area contributed by atoms with Crippen molar-refractivity contribution in [2.24, 2.45) is 0 Å². The standard InChI is InChI=1S/C26H22FN3O5/c1-14-11-17(25(33)35-4)5-10-22(14)29-15(2)12-18(16(29)3)13-21-23(31)28-26(34)30(24(21)32)20-8-6-19(27)7-9-20/h5-13H,1-4H3,(H,28,31,34)/b21-13+. The third-order valence-electron chi connectivity index (χ3n) is 5.82. The number of benzene rings is 2. The Balaban J connectivity index is 1.75. The summed E-state index contributed by atoms with van der Waals surface area (Å²) in [6, 6.07) is 10.9. The van der Waals surface area contributed by atoms with E-state index in [-0.39, 0.29) is 11.3 Å². The average molecular weight is 475 g/mol. The molecule has 0 bridgehead atoms. The largest absolute Gasteiger partial charge is 0.465 e. The number of carbonyl (C=O) groups excluding carboxylic acids is 4. The summed E-state index contributed by atoms with van der Waals surface area (Å²) in [5.41, 5.74) is 4.16. The van der Waals surface area contributed by atoms with Gasteiger partial charge in [0.05, 0.1) is 18.4 Å². The molecule has 9 heteroatoms. The Morgan fingerprint density at radius 3 is 2.31 bits per heavy atom. The van der Waals surface area contributed by atoms with Crippen molar-refractivity contribution in [3.63, 3.8) is 0 Å². The lowest BCUT2D eigenvalue weighted by Crippen LogP contribution is -2.54. The molecule has 1 N–H and O–H groups in total. The van der Waals surface area contributed by atoms with Crippen LogP contribution in [0.5, 0.6) is 0 Å². The summed E-state index contributed by atoms with van der Waals surface area (Å²) in [6.07, 6.45) is 1.43. The number of aromatic nitrogens is 1. The topological polar surface area (TPSA) is 97.7 Å². The zero-order chi connectivity index (χ0) is 25.4. The molecule has 4 rings (SSSR count). The van der Waals surface area contributed by atoms with Crippen LogP contribution in [-0.2, 0) is 14.3 Å². The summed E-state index contributed by atoms with van der Waals surface area (Å²) < 4.78 is 20.0. The van der Waals surface area contributed by atoms with E-state index in [4.69, 9.17) is 4.74 Å². The smallest absolute Gasteiger partial charge is 0.337 e. The number of imide groups is 2. The first-order chi connectivity index (χ1) is 16.6. The summed E-state index contributed by atoms with van der Waals surface area (Å²) >= 11 is 0. The highest BCUT2D eigenvalue weighted by Gasteiger charge is 2.37. The number of hydrogen-bond acceptors (Lipinski definition) is 5. The third-order valence-corrected chi connectivity index (χ3v) is 5.82. The fourth-order valence-electron chi connectivity index (χ4n) is 4.09. The van der Waals surface area contributed by atoms with Crippen LogP contribution in [0.25, 0.3) is 11.8 Å². The summed E-state index contributed by atoms with van der Waals surface area (Å²) in [5, 5.41) is 2.16. The van der Waals surface area contributed by atoms with E-state index in [2.05, 4.69) is 5.32 Å². The number of carbonyl (C=O) groups is 4. The van der Waals surface area contributed by atoms with E-state index in [0.717, 1.165) is 39.7 Å². The SMILES string of the molecule is COC(=O)c1ccc(-n2c(C)cc(/C=C3\C(=O)NC(=O)N(c4ccc(F)cc4)C3=O)c2C)c(C)c1. The number of rotatable bonds is 4.